The molecule has 0 bridgehead atoms. The number of hydrogen-bond donors (Lipinski definition) is 1. The Morgan fingerprint density at radius 2 is 2.11 bits per heavy atom. The standard InChI is InChI=1S/C15H32N2O/c1-4-15-12-18-11-10-17(15)9-5-6-14(7-8-16)13(2)3/h13-15H,4-12,16H2,1-3H3. The smallest absolute Gasteiger partial charge is 0.0622 e. The highest BCUT2D eigenvalue weighted by Gasteiger charge is 2.21. The van der Waals surface area contributed by atoms with Crippen LogP contribution in [0.5, 0.6) is 0 Å². The first kappa shape index (κ1) is 15.9. The summed E-state index contributed by atoms with van der Waals surface area (Å²) in [5, 5.41) is 0. The van der Waals surface area contributed by atoms with Gasteiger partial charge in [-0.2, -0.15) is 0 Å². The molecular weight excluding hydrogens is 224 g/mol. The molecule has 0 radical (unpaired) electrons. The number of rotatable bonds is 8. The Hall–Kier alpha value is -0.120. The molecule has 0 aromatic carbocycles. The molecule has 0 aromatic heterocycles. The molecule has 0 aliphatic carbocycles. The van der Waals surface area contributed by atoms with E-state index in [9.17, 15) is 0 Å². The zero-order chi connectivity index (χ0) is 13.4. The zero-order valence-electron chi connectivity index (χ0n) is 12.5. The molecule has 1 aliphatic heterocycles. The van der Waals surface area contributed by atoms with Crippen LogP contribution in [0.15, 0.2) is 0 Å². The minimum absolute atomic E-state index is 0.644. The molecule has 18 heavy (non-hydrogen) atoms. The summed E-state index contributed by atoms with van der Waals surface area (Å²) in [6, 6.07) is 0.644. The lowest BCUT2D eigenvalue weighted by Crippen LogP contribution is -2.45. The molecule has 1 aliphatic rings. The second-order valence-corrected chi connectivity index (χ2v) is 5.90. The molecule has 3 nitrogen and oxygen atoms in total. The third-order valence-electron chi connectivity index (χ3n) is 4.32. The van der Waals surface area contributed by atoms with E-state index in [1.807, 2.05) is 0 Å². The predicted octanol–water partition coefficient (Wildman–Crippen LogP) is 2.50. The Balaban J connectivity index is 2.26. The number of morpholine rings is 1. The summed E-state index contributed by atoms with van der Waals surface area (Å²) < 4.78 is 5.55. The molecule has 2 atom stereocenters. The topological polar surface area (TPSA) is 38.5 Å². The van der Waals surface area contributed by atoms with Gasteiger partial charge in [0.1, 0.15) is 0 Å². The van der Waals surface area contributed by atoms with Crippen molar-refractivity contribution in [1.29, 1.82) is 0 Å². The van der Waals surface area contributed by atoms with Gasteiger partial charge in [0, 0.05) is 12.6 Å². The van der Waals surface area contributed by atoms with Crippen molar-refractivity contribution in [3.05, 3.63) is 0 Å². The third-order valence-corrected chi connectivity index (χ3v) is 4.32. The van der Waals surface area contributed by atoms with Gasteiger partial charge >= 0.3 is 0 Å². The Morgan fingerprint density at radius 1 is 1.33 bits per heavy atom. The third kappa shape index (κ3) is 5.25. The van der Waals surface area contributed by atoms with Crippen LogP contribution in [0.25, 0.3) is 0 Å². The highest BCUT2D eigenvalue weighted by molar-refractivity contribution is 4.74. The monoisotopic (exact) mass is 256 g/mol. The number of nitrogens with two attached hydrogens (primary N) is 1. The van der Waals surface area contributed by atoms with Crippen LogP contribution in [0, 0.1) is 11.8 Å². The van der Waals surface area contributed by atoms with E-state index in [0.29, 0.717) is 6.04 Å². The Morgan fingerprint density at radius 3 is 2.72 bits per heavy atom. The first-order valence-electron chi connectivity index (χ1n) is 7.70. The second-order valence-electron chi connectivity index (χ2n) is 5.90. The molecule has 1 saturated heterocycles. The summed E-state index contributed by atoms with van der Waals surface area (Å²) in [6.45, 7) is 11.9. The molecule has 0 amide bonds. The lowest BCUT2D eigenvalue weighted by Gasteiger charge is -2.35. The van der Waals surface area contributed by atoms with Gasteiger partial charge in [0.05, 0.1) is 13.2 Å². The van der Waals surface area contributed by atoms with Gasteiger partial charge in [-0.25, -0.2) is 0 Å². The predicted molar refractivity (Wildman–Crippen MR) is 77.7 cm³/mol. The molecule has 0 aromatic rings. The van der Waals surface area contributed by atoms with Crippen LogP contribution in [0.1, 0.15) is 46.5 Å². The van der Waals surface area contributed by atoms with Gasteiger partial charge in [-0.05, 0) is 50.6 Å². The highest BCUT2D eigenvalue weighted by Crippen LogP contribution is 2.21. The fraction of sp³-hybridized carbons (Fsp3) is 1.00. The number of hydrogen-bond acceptors (Lipinski definition) is 3. The van der Waals surface area contributed by atoms with E-state index in [4.69, 9.17) is 10.5 Å². The molecular formula is C15H32N2O. The van der Waals surface area contributed by atoms with Gasteiger partial charge in [0.25, 0.3) is 0 Å². The molecule has 108 valence electrons. The number of nitrogens with zero attached hydrogens (tertiary/aromatic N) is 1. The van der Waals surface area contributed by atoms with Crippen LogP contribution in [0.4, 0.5) is 0 Å². The van der Waals surface area contributed by atoms with Crippen LogP contribution in [0.2, 0.25) is 0 Å². The van der Waals surface area contributed by atoms with Crippen molar-refractivity contribution < 1.29 is 4.74 Å². The summed E-state index contributed by atoms with van der Waals surface area (Å²) in [5.74, 6) is 1.57. The van der Waals surface area contributed by atoms with Gasteiger partial charge in [-0.3, -0.25) is 4.90 Å². The largest absolute Gasteiger partial charge is 0.378 e. The van der Waals surface area contributed by atoms with Crippen molar-refractivity contribution in [3.63, 3.8) is 0 Å². The van der Waals surface area contributed by atoms with Crippen LogP contribution in [-0.4, -0.2) is 43.8 Å². The molecule has 1 heterocycles. The minimum Gasteiger partial charge on any atom is -0.378 e. The maximum absolute atomic E-state index is 5.70. The van der Waals surface area contributed by atoms with E-state index in [2.05, 4.69) is 25.7 Å². The lowest BCUT2D eigenvalue weighted by molar-refractivity contribution is -0.00979. The van der Waals surface area contributed by atoms with E-state index in [0.717, 1.165) is 38.1 Å². The number of ether oxygens (including phenoxy) is 1. The first-order chi connectivity index (χ1) is 8.69. The fourth-order valence-corrected chi connectivity index (χ4v) is 2.94. The van der Waals surface area contributed by atoms with E-state index in [-0.39, 0.29) is 0 Å². The molecule has 2 unspecified atom stereocenters. The van der Waals surface area contributed by atoms with Crippen LogP contribution < -0.4 is 5.73 Å². The average Bonchev–Trinajstić information content (AvgIpc) is 2.38. The Bertz CT molecular complexity index is 209. The van der Waals surface area contributed by atoms with Crippen molar-refractivity contribution in [2.24, 2.45) is 17.6 Å². The average molecular weight is 256 g/mol. The quantitative estimate of drug-likeness (QED) is 0.725. The summed E-state index contributed by atoms with van der Waals surface area (Å²) in [7, 11) is 0. The van der Waals surface area contributed by atoms with Crippen molar-refractivity contribution >= 4 is 0 Å². The first-order valence-corrected chi connectivity index (χ1v) is 7.70. The summed E-state index contributed by atoms with van der Waals surface area (Å²) >= 11 is 0. The van der Waals surface area contributed by atoms with Gasteiger partial charge in [-0.15, -0.1) is 0 Å². The van der Waals surface area contributed by atoms with E-state index in [1.165, 1.54) is 32.2 Å². The zero-order valence-corrected chi connectivity index (χ0v) is 12.5. The molecule has 0 saturated carbocycles. The molecule has 1 fully saturated rings. The van der Waals surface area contributed by atoms with Crippen molar-refractivity contribution in [2.45, 2.75) is 52.5 Å². The van der Waals surface area contributed by atoms with E-state index in [1.54, 1.807) is 0 Å². The molecule has 3 heteroatoms. The van der Waals surface area contributed by atoms with Crippen LogP contribution in [0.3, 0.4) is 0 Å². The highest BCUT2D eigenvalue weighted by atomic mass is 16.5. The van der Waals surface area contributed by atoms with Crippen molar-refractivity contribution in [3.8, 4) is 0 Å². The van der Waals surface area contributed by atoms with Gasteiger partial charge in [0.15, 0.2) is 0 Å². The van der Waals surface area contributed by atoms with Crippen LogP contribution in [-0.2, 0) is 4.74 Å². The lowest BCUT2D eigenvalue weighted by atomic mass is 9.88. The molecule has 1 rings (SSSR count). The summed E-state index contributed by atoms with van der Waals surface area (Å²) in [5.41, 5.74) is 5.70. The van der Waals surface area contributed by atoms with E-state index < -0.39 is 0 Å². The SMILES string of the molecule is CCC1COCCN1CCCC(CCN)C(C)C. The Kier molecular flexibility index (Phi) is 7.87. The van der Waals surface area contributed by atoms with Gasteiger partial charge in [-0.1, -0.05) is 20.8 Å². The van der Waals surface area contributed by atoms with Crippen molar-refractivity contribution in [2.75, 3.05) is 32.8 Å². The van der Waals surface area contributed by atoms with E-state index >= 15 is 0 Å². The second kappa shape index (κ2) is 8.89. The Labute approximate surface area is 113 Å². The van der Waals surface area contributed by atoms with Gasteiger partial charge < -0.3 is 10.5 Å². The fourth-order valence-electron chi connectivity index (χ4n) is 2.94. The van der Waals surface area contributed by atoms with Crippen molar-refractivity contribution in [1.82, 2.24) is 4.90 Å². The van der Waals surface area contributed by atoms with Gasteiger partial charge in [0.2, 0.25) is 0 Å². The normalized spacial score (nSPS) is 23.5. The molecule has 2 N–H and O–H groups in total. The van der Waals surface area contributed by atoms with Crippen LogP contribution >= 0.6 is 0 Å². The summed E-state index contributed by atoms with van der Waals surface area (Å²) in [4.78, 5) is 2.61. The summed E-state index contributed by atoms with van der Waals surface area (Å²) in [6.07, 6.45) is 5.01. The minimum atomic E-state index is 0.644. The maximum atomic E-state index is 5.70. The molecule has 0 spiro atoms. The maximum Gasteiger partial charge on any atom is 0.0622 e.